The Morgan fingerprint density at radius 1 is 1.33 bits per heavy atom. The van der Waals surface area contributed by atoms with Crippen molar-refractivity contribution in [3.05, 3.63) is 63.6 Å². The molecule has 0 aliphatic carbocycles. The van der Waals surface area contributed by atoms with Crippen molar-refractivity contribution in [2.24, 2.45) is 5.73 Å². The zero-order valence-electron chi connectivity index (χ0n) is 11.6. The van der Waals surface area contributed by atoms with Gasteiger partial charge in [0.25, 0.3) is 5.91 Å². The summed E-state index contributed by atoms with van der Waals surface area (Å²) in [6.45, 7) is 2.18. The van der Waals surface area contributed by atoms with Gasteiger partial charge in [0.05, 0.1) is 12.1 Å². The van der Waals surface area contributed by atoms with E-state index < -0.39 is 0 Å². The minimum absolute atomic E-state index is 0.248. The van der Waals surface area contributed by atoms with Gasteiger partial charge in [-0.25, -0.2) is 0 Å². The average Bonchev–Trinajstić information content (AvgIpc) is 2.48. The summed E-state index contributed by atoms with van der Waals surface area (Å²) >= 11 is 0. The van der Waals surface area contributed by atoms with Crippen LogP contribution in [-0.2, 0) is 0 Å². The molecule has 4 N–H and O–H groups in total. The Morgan fingerprint density at radius 3 is 2.81 bits per heavy atom. The van der Waals surface area contributed by atoms with Gasteiger partial charge in [-0.1, -0.05) is 17.9 Å². The molecule has 0 atom stereocenters. The van der Waals surface area contributed by atoms with Crippen LogP contribution >= 0.6 is 0 Å². The van der Waals surface area contributed by atoms with E-state index >= 15 is 0 Å². The van der Waals surface area contributed by atoms with Gasteiger partial charge in [-0.3, -0.25) is 9.59 Å². The van der Waals surface area contributed by atoms with Crippen LogP contribution in [0.1, 0.15) is 21.5 Å². The van der Waals surface area contributed by atoms with Crippen LogP contribution in [0.3, 0.4) is 0 Å². The van der Waals surface area contributed by atoms with E-state index in [0.29, 0.717) is 11.3 Å². The number of pyridine rings is 1. The summed E-state index contributed by atoms with van der Waals surface area (Å²) in [5.74, 6) is 5.39. The molecule has 0 spiro atoms. The highest BCUT2D eigenvalue weighted by atomic mass is 16.1. The molecule has 0 aliphatic heterocycles. The first-order chi connectivity index (χ1) is 10.1. The van der Waals surface area contributed by atoms with Crippen molar-refractivity contribution in [3.63, 3.8) is 0 Å². The summed E-state index contributed by atoms with van der Waals surface area (Å²) in [6.07, 6.45) is 1.38. The highest BCUT2D eigenvalue weighted by Crippen LogP contribution is 2.17. The molecule has 0 saturated carbocycles. The predicted molar refractivity (Wildman–Crippen MR) is 82.1 cm³/mol. The van der Waals surface area contributed by atoms with Crippen LogP contribution in [0.5, 0.6) is 0 Å². The third-order valence-corrected chi connectivity index (χ3v) is 2.87. The lowest BCUT2D eigenvalue weighted by Crippen LogP contribution is -2.15. The fourth-order valence-electron chi connectivity index (χ4n) is 1.73. The second kappa shape index (κ2) is 6.55. The fraction of sp³-hybridized carbons (Fsp3) is 0.125. The number of anilines is 1. The minimum Gasteiger partial charge on any atom is -0.328 e. The van der Waals surface area contributed by atoms with Gasteiger partial charge in [0.2, 0.25) is 5.56 Å². The number of benzene rings is 1. The molecule has 0 radical (unpaired) electrons. The highest BCUT2D eigenvalue weighted by molar-refractivity contribution is 6.04. The molecule has 1 amide bonds. The number of aromatic amines is 1. The molecule has 1 heterocycles. The van der Waals surface area contributed by atoms with Crippen LogP contribution in [0.15, 0.2) is 41.3 Å². The summed E-state index contributed by atoms with van der Waals surface area (Å²) in [5.41, 5.74) is 7.85. The van der Waals surface area contributed by atoms with Crippen LogP contribution in [0, 0.1) is 18.8 Å². The molecule has 0 bridgehead atoms. The van der Waals surface area contributed by atoms with E-state index in [0.717, 1.165) is 11.1 Å². The standard InChI is InChI=1S/C16H15N3O2/c1-11-4-5-12(3-2-8-17)9-14(11)19-16(21)13-6-7-15(20)18-10-13/h4-7,9-10H,8,17H2,1H3,(H,18,20)(H,19,21). The lowest BCUT2D eigenvalue weighted by Gasteiger charge is -2.08. The van der Waals surface area contributed by atoms with E-state index in [1.54, 1.807) is 6.07 Å². The number of amides is 1. The van der Waals surface area contributed by atoms with Gasteiger partial charge in [0.1, 0.15) is 0 Å². The number of rotatable bonds is 2. The highest BCUT2D eigenvalue weighted by Gasteiger charge is 2.08. The Morgan fingerprint density at radius 2 is 2.14 bits per heavy atom. The summed E-state index contributed by atoms with van der Waals surface area (Å²) < 4.78 is 0. The van der Waals surface area contributed by atoms with E-state index in [1.807, 2.05) is 19.1 Å². The topological polar surface area (TPSA) is 88.0 Å². The molecule has 0 saturated heterocycles. The zero-order chi connectivity index (χ0) is 15.2. The molecule has 21 heavy (non-hydrogen) atoms. The Hall–Kier alpha value is -2.84. The fourth-order valence-corrected chi connectivity index (χ4v) is 1.73. The van der Waals surface area contributed by atoms with Gasteiger partial charge >= 0.3 is 0 Å². The first kappa shape index (κ1) is 14.6. The maximum Gasteiger partial charge on any atom is 0.257 e. The molecule has 0 unspecified atom stereocenters. The van der Waals surface area contributed by atoms with E-state index in [2.05, 4.69) is 22.1 Å². The lowest BCUT2D eigenvalue weighted by molar-refractivity contribution is 0.102. The number of aryl methyl sites for hydroxylation is 1. The maximum absolute atomic E-state index is 12.1. The second-order valence-electron chi connectivity index (χ2n) is 4.43. The van der Waals surface area contributed by atoms with Crippen molar-refractivity contribution in [2.45, 2.75) is 6.92 Å². The zero-order valence-corrected chi connectivity index (χ0v) is 11.6. The summed E-state index contributed by atoms with van der Waals surface area (Å²) in [4.78, 5) is 25.6. The third kappa shape index (κ3) is 3.81. The van der Waals surface area contributed by atoms with Gasteiger partial charge in [0.15, 0.2) is 0 Å². The third-order valence-electron chi connectivity index (χ3n) is 2.87. The number of nitrogens with two attached hydrogens (primary N) is 1. The van der Waals surface area contributed by atoms with Gasteiger partial charge in [0, 0.05) is 23.5 Å². The van der Waals surface area contributed by atoms with Crippen LogP contribution < -0.4 is 16.6 Å². The molecule has 0 aliphatic rings. The Balaban J connectivity index is 2.24. The molecule has 0 fully saturated rings. The average molecular weight is 281 g/mol. The van der Waals surface area contributed by atoms with Crippen molar-refractivity contribution in [1.29, 1.82) is 0 Å². The van der Waals surface area contributed by atoms with Crippen molar-refractivity contribution >= 4 is 11.6 Å². The van der Waals surface area contributed by atoms with E-state index in [-0.39, 0.29) is 18.0 Å². The minimum atomic E-state index is -0.293. The number of carbonyl (C=O) groups excluding carboxylic acids is 1. The van der Waals surface area contributed by atoms with Gasteiger partial charge < -0.3 is 16.0 Å². The van der Waals surface area contributed by atoms with E-state index in [9.17, 15) is 9.59 Å². The molecular formula is C16H15N3O2. The first-order valence-corrected chi connectivity index (χ1v) is 6.40. The molecule has 1 aromatic heterocycles. The van der Waals surface area contributed by atoms with E-state index in [1.165, 1.54) is 18.3 Å². The van der Waals surface area contributed by atoms with Crippen LogP contribution in [0.25, 0.3) is 0 Å². The van der Waals surface area contributed by atoms with Gasteiger partial charge in [-0.2, -0.15) is 0 Å². The number of hydrogen-bond acceptors (Lipinski definition) is 3. The molecule has 106 valence electrons. The predicted octanol–water partition coefficient (Wildman–Crippen LogP) is 1.25. The maximum atomic E-state index is 12.1. The number of carbonyl (C=O) groups is 1. The van der Waals surface area contributed by atoms with Crippen molar-refractivity contribution in [3.8, 4) is 11.8 Å². The Bertz CT molecular complexity index is 762. The first-order valence-electron chi connectivity index (χ1n) is 6.40. The second-order valence-corrected chi connectivity index (χ2v) is 4.43. The van der Waals surface area contributed by atoms with Gasteiger partial charge in [-0.05, 0) is 30.7 Å². The molecule has 5 nitrogen and oxygen atoms in total. The van der Waals surface area contributed by atoms with Crippen LogP contribution in [0.2, 0.25) is 0 Å². The summed E-state index contributed by atoms with van der Waals surface area (Å²) in [5, 5.41) is 2.80. The van der Waals surface area contributed by atoms with Crippen molar-refractivity contribution in [2.75, 3.05) is 11.9 Å². The van der Waals surface area contributed by atoms with E-state index in [4.69, 9.17) is 5.73 Å². The number of hydrogen-bond donors (Lipinski definition) is 3. The number of H-pyrrole nitrogens is 1. The Labute approximate surface area is 122 Å². The molecule has 5 heteroatoms. The van der Waals surface area contributed by atoms with Gasteiger partial charge in [-0.15, -0.1) is 0 Å². The van der Waals surface area contributed by atoms with Crippen LogP contribution in [-0.4, -0.2) is 17.4 Å². The number of nitrogens with one attached hydrogen (secondary N) is 2. The van der Waals surface area contributed by atoms with Crippen LogP contribution in [0.4, 0.5) is 5.69 Å². The SMILES string of the molecule is Cc1ccc(C#CCN)cc1NC(=O)c1ccc(=O)[nH]c1. The van der Waals surface area contributed by atoms with Crippen molar-refractivity contribution < 1.29 is 4.79 Å². The lowest BCUT2D eigenvalue weighted by atomic mass is 10.1. The molecular weight excluding hydrogens is 266 g/mol. The monoisotopic (exact) mass is 281 g/mol. The number of aromatic nitrogens is 1. The largest absolute Gasteiger partial charge is 0.328 e. The molecule has 1 aromatic carbocycles. The summed E-state index contributed by atoms with van der Waals surface area (Å²) in [7, 11) is 0. The Kier molecular flexibility index (Phi) is 4.54. The van der Waals surface area contributed by atoms with Crippen molar-refractivity contribution in [1.82, 2.24) is 4.98 Å². The molecule has 2 aromatic rings. The normalized spacial score (nSPS) is 9.62. The summed E-state index contributed by atoms with van der Waals surface area (Å²) in [6, 6.07) is 8.32. The smallest absolute Gasteiger partial charge is 0.257 e. The quantitative estimate of drug-likeness (QED) is 0.724. The molecule has 2 rings (SSSR count).